The largest absolute Gasteiger partial charge is 0.483 e. The summed E-state index contributed by atoms with van der Waals surface area (Å²) in [5.74, 6) is 0.319. The summed E-state index contributed by atoms with van der Waals surface area (Å²) in [6, 6.07) is 5.71. The minimum Gasteiger partial charge on any atom is -0.483 e. The van der Waals surface area contributed by atoms with Crippen molar-refractivity contribution in [2.24, 2.45) is 7.05 Å². The van der Waals surface area contributed by atoms with E-state index in [-0.39, 0.29) is 12.2 Å². The lowest BCUT2D eigenvalue weighted by atomic mass is 9.99. The Morgan fingerprint density at radius 2 is 2.26 bits per heavy atom. The van der Waals surface area contributed by atoms with Crippen LogP contribution >= 0.6 is 15.9 Å². The van der Waals surface area contributed by atoms with Crippen molar-refractivity contribution in [1.82, 2.24) is 4.57 Å². The van der Waals surface area contributed by atoms with E-state index in [1.807, 2.05) is 24.3 Å². The number of hydrogen-bond donors (Lipinski definition) is 1. The summed E-state index contributed by atoms with van der Waals surface area (Å²) < 4.78 is 7.97. The van der Waals surface area contributed by atoms with Crippen molar-refractivity contribution in [1.29, 1.82) is 0 Å². The molecule has 1 aromatic carbocycles. The minimum absolute atomic E-state index is 0.106. The average Bonchev–Trinajstić information content (AvgIpc) is 2.43. The number of rotatable bonds is 1. The maximum Gasteiger partial charge on any atom is 0.293 e. The number of pyridine rings is 1. The Kier molecular flexibility index (Phi) is 2.95. The fraction of sp³-hybridized carbons (Fsp3) is 0.214. The molecule has 0 unspecified atom stereocenters. The van der Waals surface area contributed by atoms with Gasteiger partial charge in [-0.05, 0) is 29.8 Å². The zero-order valence-electron chi connectivity index (χ0n) is 10.3. The molecule has 0 radical (unpaired) electrons. The van der Waals surface area contributed by atoms with E-state index >= 15 is 0 Å². The molecule has 0 saturated heterocycles. The lowest BCUT2D eigenvalue weighted by molar-refractivity contribution is 0.330. The summed E-state index contributed by atoms with van der Waals surface area (Å²) >= 11 is 3.44. The van der Waals surface area contributed by atoms with E-state index in [2.05, 4.69) is 15.9 Å². The third-order valence-corrected chi connectivity index (χ3v) is 3.86. The molecule has 0 bridgehead atoms. The van der Waals surface area contributed by atoms with Crippen LogP contribution in [0.4, 0.5) is 0 Å². The molecule has 1 aliphatic rings. The van der Waals surface area contributed by atoms with Crippen molar-refractivity contribution in [3.8, 4) is 5.75 Å². The number of aromatic nitrogens is 1. The van der Waals surface area contributed by atoms with Gasteiger partial charge in [0.25, 0.3) is 5.56 Å². The second-order valence-corrected chi connectivity index (χ2v) is 5.34. The Hall–Kier alpha value is -1.59. The maximum absolute atomic E-state index is 12.3. The van der Waals surface area contributed by atoms with Gasteiger partial charge in [0.05, 0.1) is 12.1 Å². The van der Waals surface area contributed by atoms with Gasteiger partial charge in [0.2, 0.25) is 0 Å². The van der Waals surface area contributed by atoms with Gasteiger partial charge in [-0.25, -0.2) is 0 Å². The Balaban J connectivity index is 2.52. The van der Waals surface area contributed by atoms with Gasteiger partial charge in [-0.15, -0.1) is 0 Å². The van der Waals surface area contributed by atoms with Crippen LogP contribution in [0.5, 0.6) is 5.75 Å². The summed E-state index contributed by atoms with van der Waals surface area (Å²) in [6.45, 7) is 0.211. The van der Waals surface area contributed by atoms with Gasteiger partial charge in [0.1, 0.15) is 6.61 Å². The third-order valence-electron chi connectivity index (χ3n) is 3.36. The molecule has 1 aliphatic heterocycles. The van der Waals surface area contributed by atoms with Crippen LogP contribution in [0.2, 0.25) is 0 Å². The van der Waals surface area contributed by atoms with E-state index < -0.39 is 0 Å². The molecule has 2 heterocycles. The van der Waals surface area contributed by atoms with Crippen LogP contribution in [-0.4, -0.2) is 22.9 Å². The van der Waals surface area contributed by atoms with Crippen LogP contribution in [0.3, 0.4) is 0 Å². The first-order valence-corrected chi connectivity index (χ1v) is 6.68. The molecule has 1 N–H and O–H groups in total. The predicted octanol–water partition coefficient (Wildman–Crippen LogP) is 2.07. The van der Waals surface area contributed by atoms with E-state index in [1.165, 1.54) is 0 Å². The highest BCUT2D eigenvalue weighted by Crippen LogP contribution is 2.34. The summed E-state index contributed by atoms with van der Waals surface area (Å²) in [7, 11) is 1.72. The smallest absolute Gasteiger partial charge is 0.293 e. The van der Waals surface area contributed by atoms with E-state index in [0.717, 1.165) is 20.9 Å². The number of nitrogens with zero attached hydrogens (tertiary/aromatic N) is 1. The molecule has 0 aliphatic carbocycles. The molecule has 19 heavy (non-hydrogen) atoms. The summed E-state index contributed by atoms with van der Waals surface area (Å²) in [5.41, 5.74) is 2.08. The monoisotopic (exact) mass is 321 g/mol. The van der Waals surface area contributed by atoms with Crippen LogP contribution < -0.4 is 10.3 Å². The number of hydrogen-bond acceptors (Lipinski definition) is 3. The topological polar surface area (TPSA) is 51.5 Å². The summed E-state index contributed by atoms with van der Waals surface area (Å²) in [6.07, 6.45) is 1.81. The summed E-state index contributed by atoms with van der Waals surface area (Å²) in [4.78, 5) is 12.3. The Morgan fingerprint density at radius 1 is 1.47 bits per heavy atom. The molecule has 0 saturated carbocycles. The fourth-order valence-corrected chi connectivity index (χ4v) is 2.78. The van der Waals surface area contributed by atoms with Crippen LogP contribution in [-0.2, 0) is 7.05 Å². The fourth-order valence-electron chi connectivity index (χ4n) is 2.42. The van der Waals surface area contributed by atoms with Crippen LogP contribution in [0, 0.1) is 0 Å². The van der Waals surface area contributed by atoms with Gasteiger partial charge >= 0.3 is 0 Å². The molecule has 1 aromatic heterocycles. The Labute approximate surface area is 118 Å². The maximum atomic E-state index is 12.3. The molecule has 0 spiro atoms. The second kappa shape index (κ2) is 4.51. The van der Waals surface area contributed by atoms with Crippen molar-refractivity contribution in [3.63, 3.8) is 0 Å². The van der Waals surface area contributed by atoms with E-state index in [1.54, 1.807) is 11.6 Å². The van der Waals surface area contributed by atoms with Crippen molar-refractivity contribution in [2.45, 2.75) is 0 Å². The molecule has 3 rings (SSSR count). The van der Waals surface area contributed by atoms with Gasteiger partial charge < -0.3 is 14.4 Å². The summed E-state index contributed by atoms with van der Waals surface area (Å²) in [5, 5.41) is 10.4. The Morgan fingerprint density at radius 3 is 3.00 bits per heavy atom. The SMILES string of the molecule is Cn1c(=O)c2c(c3cc(Br)ccc31)C(CO)=CCO2. The average molecular weight is 322 g/mol. The van der Waals surface area contributed by atoms with Gasteiger partial charge in [-0.2, -0.15) is 0 Å². The third kappa shape index (κ3) is 1.81. The molecular formula is C14H12BrNO3. The zero-order chi connectivity index (χ0) is 13.6. The first-order chi connectivity index (χ1) is 9.13. The van der Waals surface area contributed by atoms with Crippen LogP contribution in [0.25, 0.3) is 16.5 Å². The lowest BCUT2D eigenvalue weighted by Gasteiger charge is -2.20. The molecule has 98 valence electrons. The molecular weight excluding hydrogens is 310 g/mol. The van der Waals surface area contributed by atoms with Gasteiger partial charge in [0.15, 0.2) is 5.75 Å². The number of fused-ring (bicyclic) bond motifs is 3. The number of halogens is 1. The number of aliphatic hydroxyl groups is 1. The number of aryl methyl sites for hydroxylation is 1. The molecule has 0 atom stereocenters. The first kappa shape index (κ1) is 12.4. The molecule has 0 fully saturated rings. The standard InChI is InChI=1S/C14H12BrNO3/c1-16-11-3-2-9(15)6-10(11)12-8(7-17)4-5-19-13(12)14(16)18/h2-4,6,17H,5,7H2,1H3. The number of aliphatic hydroxyl groups excluding tert-OH is 1. The van der Waals surface area contributed by atoms with Gasteiger partial charge in [-0.3, -0.25) is 4.79 Å². The number of ether oxygens (including phenoxy) is 1. The van der Waals surface area contributed by atoms with E-state index in [9.17, 15) is 9.90 Å². The van der Waals surface area contributed by atoms with Crippen LogP contribution in [0.15, 0.2) is 33.5 Å². The highest BCUT2D eigenvalue weighted by Gasteiger charge is 2.22. The molecule has 5 heteroatoms. The minimum atomic E-state index is -0.177. The molecule has 2 aromatic rings. The van der Waals surface area contributed by atoms with Gasteiger partial charge in [-0.1, -0.05) is 15.9 Å². The number of benzene rings is 1. The van der Waals surface area contributed by atoms with Crippen molar-refractivity contribution >= 4 is 32.4 Å². The van der Waals surface area contributed by atoms with Crippen LogP contribution in [0.1, 0.15) is 5.56 Å². The predicted molar refractivity (Wildman–Crippen MR) is 77.4 cm³/mol. The lowest BCUT2D eigenvalue weighted by Crippen LogP contribution is -2.24. The van der Waals surface area contributed by atoms with Gasteiger partial charge in [0, 0.05) is 22.5 Å². The molecule has 0 amide bonds. The second-order valence-electron chi connectivity index (χ2n) is 4.43. The quantitative estimate of drug-likeness (QED) is 0.874. The highest BCUT2D eigenvalue weighted by molar-refractivity contribution is 9.10. The van der Waals surface area contributed by atoms with Crippen molar-refractivity contribution in [2.75, 3.05) is 13.2 Å². The normalized spacial score (nSPS) is 13.9. The van der Waals surface area contributed by atoms with E-state index in [4.69, 9.17) is 4.74 Å². The Bertz CT molecular complexity index is 761. The van der Waals surface area contributed by atoms with Crippen molar-refractivity contribution in [3.05, 3.63) is 44.7 Å². The molecule has 4 nitrogen and oxygen atoms in total. The van der Waals surface area contributed by atoms with Crippen molar-refractivity contribution < 1.29 is 9.84 Å². The highest BCUT2D eigenvalue weighted by atomic mass is 79.9. The zero-order valence-corrected chi connectivity index (χ0v) is 11.9. The first-order valence-electron chi connectivity index (χ1n) is 5.89. The van der Waals surface area contributed by atoms with E-state index in [0.29, 0.717) is 17.9 Å².